The predicted molar refractivity (Wildman–Crippen MR) is 65.8 cm³/mol. The van der Waals surface area contributed by atoms with Gasteiger partial charge in [-0.25, -0.2) is 0 Å². The Balaban J connectivity index is 2.15. The van der Waals surface area contributed by atoms with Crippen LogP contribution in [0.5, 0.6) is 11.5 Å². The summed E-state index contributed by atoms with van der Waals surface area (Å²) in [6, 6.07) is 5.00. The molecular weight excluding hydrogens is 234 g/mol. The Bertz CT molecular complexity index is 468. The fraction of sp³-hybridized carbons (Fsp3) is 0.462. The van der Waals surface area contributed by atoms with Crippen LogP contribution in [0.4, 0.5) is 0 Å². The summed E-state index contributed by atoms with van der Waals surface area (Å²) < 4.78 is 10.4. The molecule has 0 spiro atoms. The van der Waals surface area contributed by atoms with E-state index in [1.807, 2.05) is 0 Å². The van der Waals surface area contributed by atoms with E-state index in [9.17, 15) is 9.90 Å². The minimum absolute atomic E-state index is 0.180. The lowest BCUT2D eigenvalue weighted by Crippen LogP contribution is -2.50. The summed E-state index contributed by atoms with van der Waals surface area (Å²) in [7, 11) is 0. The highest BCUT2D eigenvalue weighted by Crippen LogP contribution is 2.32. The summed E-state index contributed by atoms with van der Waals surface area (Å²) in [4.78, 5) is 12.0. The number of ether oxygens (including phenoxy) is 2. The lowest BCUT2D eigenvalue weighted by atomic mass is 9.98. The molecule has 0 bridgehead atoms. The van der Waals surface area contributed by atoms with Crippen molar-refractivity contribution >= 4 is 5.91 Å². The molecule has 0 radical (unpaired) electrons. The van der Waals surface area contributed by atoms with Crippen LogP contribution in [0.3, 0.4) is 0 Å². The van der Waals surface area contributed by atoms with E-state index < -0.39 is 11.6 Å². The molecule has 2 rings (SSSR count). The van der Waals surface area contributed by atoms with Crippen LogP contribution in [-0.4, -0.2) is 29.4 Å². The predicted octanol–water partition coefficient (Wildman–Crippen LogP) is 1.30. The number of carbonyl (C=O) groups is 1. The van der Waals surface area contributed by atoms with E-state index in [0.717, 1.165) is 0 Å². The van der Waals surface area contributed by atoms with Gasteiger partial charge in [-0.1, -0.05) is 0 Å². The Morgan fingerprint density at radius 1 is 1.39 bits per heavy atom. The molecular formula is C13H17NO4. The van der Waals surface area contributed by atoms with E-state index in [-0.39, 0.29) is 12.7 Å². The van der Waals surface area contributed by atoms with Gasteiger partial charge in [-0.15, -0.1) is 0 Å². The largest absolute Gasteiger partial charge is 0.454 e. The molecule has 0 fully saturated rings. The van der Waals surface area contributed by atoms with Gasteiger partial charge in [-0.3, -0.25) is 4.79 Å². The number of amides is 1. The molecule has 1 amide bonds. The van der Waals surface area contributed by atoms with Gasteiger partial charge in [-0.05, 0) is 39.0 Å². The zero-order chi connectivity index (χ0) is 13.3. The second-order valence-electron chi connectivity index (χ2n) is 4.92. The van der Waals surface area contributed by atoms with E-state index >= 15 is 0 Å². The Morgan fingerprint density at radius 3 is 2.72 bits per heavy atom. The third-order valence-corrected chi connectivity index (χ3v) is 3.11. The molecule has 0 aliphatic carbocycles. The van der Waals surface area contributed by atoms with E-state index in [4.69, 9.17) is 9.47 Å². The first-order valence-corrected chi connectivity index (χ1v) is 5.80. The molecule has 1 heterocycles. The summed E-state index contributed by atoms with van der Waals surface area (Å²) in [6.07, 6.45) is -0.643. The van der Waals surface area contributed by atoms with Gasteiger partial charge in [0.2, 0.25) is 6.79 Å². The second kappa shape index (κ2) is 4.49. The smallest absolute Gasteiger partial charge is 0.251 e. The first kappa shape index (κ1) is 12.7. The van der Waals surface area contributed by atoms with Crippen LogP contribution in [0.1, 0.15) is 31.1 Å². The average Bonchev–Trinajstić information content (AvgIpc) is 2.74. The highest BCUT2D eigenvalue weighted by atomic mass is 16.7. The third-order valence-electron chi connectivity index (χ3n) is 3.11. The van der Waals surface area contributed by atoms with Gasteiger partial charge in [0.15, 0.2) is 11.5 Å². The van der Waals surface area contributed by atoms with E-state index in [2.05, 4.69) is 5.32 Å². The van der Waals surface area contributed by atoms with Crippen molar-refractivity contribution in [1.29, 1.82) is 0 Å². The van der Waals surface area contributed by atoms with Gasteiger partial charge in [-0.2, -0.15) is 0 Å². The summed E-state index contributed by atoms with van der Waals surface area (Å²) in [6.45, 7) is 5.35. The van der Waals surface area contributed by atoms with Gasteiger partial charge in [0, 0.05) is 5.56 Å². The van der Waals surface area contributed by atoms with Crippen LogP contribution in [0, 0.1) is 0 Å². The van der Waals surface area contributed by atoms with Gasteiger partial charge >= 0.3 is 0 Å². The molecule has 18 heavy (non-hydrogen) atoms. The lowest BCUT2D eigenvalue weighted by molar-refractivity contribution is 0.0709. The molecule has 5 nitrogen and oxygen atoms in total. The van der Waals surface area contributed by atoms with Crippen LogP contribution >= 0.6 is 0 Å². The molecule has 5 heteroatoms. The average molecular weight is 251 g/mol. The Kier molecular flexibility index (Phi) is 3.17. The molecule has 1 aromatic carbocycles. The molecule has 1 aromatic rings. The topological polar surface area (TPSA) is 67.8 Å². The van der Waals surface area contributed by atoms with Crippen molar-refractivity contribution < 1.29 is 19.4 Å². The molecule has 1 aliphatic rings. The number of aliphatic hydroxyl groups excluding tert-OH is 1. The first-order chi connectivity index (χ1) is 8.40. The number of benzene rings is 1. The maximum absolute atomic E-state index is 12.0. The maximum atomic E-state index is 12.0. The van der Waals surface area contributed by atoms with Gasteiger partial charge < -0.3 is 19.9 Å². The fourth-order valence-corrected chi connectivity index (χ4v) is 1.51. The van der Waals surface area contributed by atoms with Crippen molar-refractivity contribution in [3.8, 4) is 11.5 Å². The van der Waals surface area contributed by atoms with Gasteiger partial charge in [0.1, 0.15) is 0 Å². The number of hydrogen-bond acceptors (Lipinski definition) is 4. The summed E-state index contributed by atoms with van der Waals surface area (Å²) in [5.74, 6) is 0.957. The zero-order valence-corrected chi connectivity index (χ0v) is 10.7. The highest BCUT2D eigenvalue weighted by molar-refractivity contribution is 5.95. The lowest BCUT2D eigenvalue weighted by Gasteiger charge is -2.29. The van der Waals surface area contributed by atoms with Crippen molar-refractivity contribution in [2.45, 2.75) is 32.4 Å². The third kappa shape index (κ3) is 2.41. The van der Waals surface area contributed by atoms with Crippen molar-refractivity contribution in [1.82, 2.24) is 5.32 Å². The van der Waals surface area contributed by atoms with Gasteiger partial charge in [0.05, 0.1) is 11.6 Å². The first-order valence-electron chi connectivity index (χ1n) is 5.80. The summed E-state index contributed by atoms with van der Waals surface area (Å²) in [5.41, 5.74) is -0.207. The maximum Gasteiger partial charge on any atom is 0.251 e. The zero-order valence-electron chi connectivity index (χ0n) is 10.7. The minimum atomic E-state index is -0.687. The number of aliphatic hydroxyl groups is 1. The molecule has 2 N–H and O–H groups in total. The molecule has 0 aromatic heterocycles. The van der Waals surface area contributed by atoms with Crippen LogP contribution in [0.25, 0.3) is 0 Å². The van der Waals surface area contributed by atoms with Crippen molar-refractivity contribution in [2.75, 3.05) is 6.79 Å². The van der Waals surface area contributed by atoms with Crippen molar-refractivity contribution in [3.63, 3.8) is 0 Å². The van der Waals surface area contributed by atoms with Crippen LogP contribution in [0.15, 0.2) is 18.2 Å². The second-order valence-corrected chi connectivity index (χ2v) is 4.92. The minimum Gasteiger partial charge on any atom is -0.454 e. The molecule has 0 saturated heterocycles. The van der Waals surface area contributed by atoms with Gasteiger partial charge in [0.25, 0.3) is 5.91 Å². The summed E-state index contributed by atoms with van der Waals surface area (Å²) in [5, 5.41) is 12.3. The summed E-state index contributed by atoms with van der Waals surface area (Å²) >= 11 is 0. The number of fused-ring (bicyclic) bond motifs is 1. The Morgan fingerprint density at radius 2 is 2.06 bits per heavy atom. The fourth-order valence-electron chi connectivity index (χ4n) is 1.51. The Hall–Kier alpha value is -1.75. The number of nitrogens with one attached hydrogen (secondary N) is 1. The number of hydrogen-bond donors (Lipinski definition) is 2. The molecule has 0 saturated carbocycles. The molecule has 1 unspecified atom stereocenters. The van der Waals surface area contributed by atoms with E-state index in [1.54, 1.807) is 39.0 Å². The van der Waals surface area contributed by atoms with Crippen molar-refractivity contribution in [2.24, 2.45) is 0 Å². The van der Waals surface area contributed by atoms with E-state index in [0.29, 0.717) is 17.1 Å². The van der Waals surface area contributed by atoms with Crippen LogP contribution in [-0.2, 0) is 0 Å². The normalized spacial score (nSPS) is 15.3. The van der Waals surface area contributed by atoms with Crippen LogP contribution < -0.4 is 14.8 Å². The molecule has 1 aliphatic heterocycles. The number of carbonyl (C=O) groups excluding carboxylic acids is 1. The molecule has 1 atom stereocenters. The highest BCUT2D eigenvalue weighted by Gasteiger charge is 2.27. The van der Waals surface area contributed by atoms with E-state index in [1.165, 1.54) is 0 Å². The Labute approximate surface area is 106 Å². The quantitative estimate of drug-likeness (QED) is 0.849. The standard InChI is InChI=1S/C13H17NO4/c1-8(15)13(2,3)14-12(16)9-4-5-10-11(6-9)18-7-17-10/h4-6,8,15H,7H2,1-3H3,(H,14,16). The SMILES string of the molecule is CC(O)C(C)(C)NC(=O)c1ccc2c(c1)OCO2. The number of rotatable bonds is 3. The van der Waals surface area contributed by atoms with Crippen molar-refractivity contribution in [3.05, 3.63) is 23.8 Å². The molecule has 98 valence electrons. The van der Waals surface area contributed by atoms with Crippen LogP contribution in [0.2, 0.25) is 0 Å². The monoisotopic (exact) mass is 251 g/mol.